The monoisotopic (exact) mass is 318 g/mol. The number of pyridine rings is 1. The van der Waals surface area contributed by atoms with Crippen molar-refractivity contribution in [1.82, 2.24) is 4.98 Å². The summed E-state index contributed by atoms with van der Waals surface area (Å²) in [4.78, 5) is 3.57. The summed E-state index contributed by atoms with van der Waals surface area (Å²) in [5.41, 5.74) is 5.73. The Kier molecular flexibility index (Phi) is 3.07. The van der Waals surface area contributed by atoms with Crippen LogP contribution in [0.2, 0.25) is 0 Å². The molecule has 78 valence electrons. The first kappa shape index (κ1) is 11.3. The van der Waals surface area contributed by atoms with Crippen LogP contribution in [-0.2, 0) is 0 Å². The Morgan fingerprint density at radius 1 is 1.50 bits per heavy atom. The lowest BCUT2D eigenvalue weighted by Crippen LogP contribution is -2.18. The number of aromatic nitrogens is 1. The third kappa shape index (κ3) is 2.63. The molecule has 0 aromatic carbocycles. The summed E-state index contributed by atoms with van der Waals surface area (Å²) in [6.45, 7) is 1.49. The van der Waals surface area contributed by atoms with Crippen molar-refractivity contribution in [3.8, 4) is 5.75 Å². The maximum absolute atomic E-state index is 11.9. The molecule has 0 aliphatic rings. The molecule has 0 aliphatic heterocycles. The summed E-state index contributed by atoms with van der Waals surface area (Å²) in [6.07, 6.45) is -3.74. The van der Waals surface area contributed by atoms with Crippen LogP contribution in [0.25, 0.3) is 0 Å². The van der Waals surface area contributed by atoms with Gasteiger partial charge in [-0.3, -0.25) is 0 Å². The van der Waals surface area contributed by atoms with Crippen molar-refractivity contribution in [2.45, 2.75) is 13.3 Å². The fourth-order valence-electron chi connectivity index (χ4n) is 0.810. The van der Waals surface area contributed by atoms with Crippen LogP contribution in [-0.4, -0.2) is 11.3 Å². The molecule has 0 bridgehead atoms. The summed E-state index contributed by atoms with van der Waals surface area (Å²) < 4.78 is 39.8. The molecule has 3 nitrogen and oxygen atoms in total. The number of halogens is 4. The van der Waals surface area contributed by atoms with E-state index in [4.69, 9.17) is 5.73 Å². The molecule has 14 heavy (non-hydrogen) atoms. The zero-order chi connectivity index (χ0) is 10.9. The Bertz CT molecular complexity index is 354. The molecule has 0 saturated heterocycles. The van der Waals surface area contributed by atoms with Gasteiger partial charge in [0.25, 0.3) is 0 Å². The number of nitrogens with two attached hydrogens (primary N) is 1. The highest BCUT2D eigenvalue weighted by Crippen LogP contribution is 2.29. The van der Waals surface area contributed by atoms with Crippen molar-refractivity contribution in [1.29, 1.82) is 0 Å². The molecular weight excluding hydrogens is 312 g/mol. The van der Waals surface area contributed by atoms with Crippen LogP contribution in [0.15, 0.2) is 6.20 Å². The Morgan fingerprint density at radius 3 is 2.57 bits per heavy atom. The zero-order valence-corrected chi connectivity index (χ0v) is 9.18. The molecule has 1 rings (SSSR count). The van der Waals surface area contributed by atoms with Gasteiger partial charge in [-0.15, -0.1) is 13.2 Å². The lowest BCUT2D eigenvalue weighted by molar-refractivity contribution is -0.275. The normalized spacial score (nSPS) is 11.5. The van der Waals surface area contributed by atoms with E-state index in [1.807, 2.05) is 22.6 Å². The van der Waals surface area contributed by atoms with Gasteiger partial charge in [0.05, 0.1) is 9.77 Å². The highest BCUT2D eigenvalue weighted by molar-refractivity contribution is 14.1. The van der Waals surface area contributed by atoms with Crippen LogP contribution in [0, 0.1) is 10.5 Å². The second-order valence-corrected chi connectivity index (χ2v) is 3.57. The summed E-state index contributed by atoms with van der Waals surface area (Å²) in [7, 11) is 0. The topological polar surface area (TPSA) is 48.1 Å². The minimum absolute atomic E-state index is 0.192. The maximum atomic E-state index is 11.9. The Morgan fingerprint density at radius 2 is 2.07 bits per heavy atom. The number of nitrogens with zero attached hydrogens (tertiary/aromatic N) is 1. The summed E-state index contributed by atoms with van der Waals surface area (Å²) in [5.74, 6) is -0.131. The van der Waals surface area contributed by atoms with E-state index in [-0.39, 0.29) is 11.6 Å². The van der Waals surface area contributed by atoms with E-state index >= 15 is 0 Å². The Hall–Kier alpha value is -0.730. The molecule has 0 aliphatic carbocycles. The molecule has 0 saturated carbocycles. The molecule has 0 radical (unpaired) electrons. The van der Waals surface area contributed by atoms with Crippen molar-refractivity contribution < 1.29 is 17.9 Å². The highest BCUT2D eigenvalue weighted by Gasteiger charge is 2.32. The molecule has 1 aromatic heterocycles. The lowest BCUT2D eigenvalue weighted by Gasteiger charge is -2.12. The number of nitrogen functional groups attached to an aromatic ring is 1. The van der Waals surface area contributed by atoms with Crippen LogP contribution < -0.4 is 10.5 Å². The largest absolute Gasteiger partial charge is 0.573 e. The first-order chi connectivity index (χ1) is 6.31. The predicted octanol–water partition coefficient (Wildman–Crippen LogP) is 2.48. The van der Waals surface area contributed by atoms with E-state index in [0.717, 1.165) is 6.20 Å². The van der Waals surface area contributed by atoms with Gasteiger partial charge in [0.2, 0.25) is 0 Å². The number of ether oxygens (including phenoxy) is 1. The molecule has 0 spiro atoms. The fourth-order valence-corrected chi connectivity index (χ4v) is 1.21. The minimum Gasteiger partial charge on any atom is -0.404 e. The molecule has 0 fully saturated rings. The van der Waals surface area contributed by atoms with Crippen LogP contribution in [0.3, 0.4) is 0 Å². The van der Waals surface area contributed by atoms with Crippen molar-refractivity contribution >= 4 is 28.4 Å². The lowest BCUT2D eigenvalue weighted by atomic mass is 10.3. The van der Waals surface area contributed by atoms with Crippen molar-refractivity contribution in [3.05, 3.63) is 15.3 Å². The van der Waals surface area contributed by atoms with E-state index in [2.05, 4.69) is 9.72 Å². The van der Waals surface area contributed by atoms with Crippen molar-refractivity contribution in [2.75, 3.05) is 5.73 Å². The number of alkyl halides is 3. The molecule has 1 heterocycles. The van der Waals surface area contributed by atoms with Gasteiger partial charge in [-0.05, 0) is 29.5 Å². The second-order valence-electron chi connectivity index (χ2n) is 2.49. The highest BCUT2D eigenvalue weighted by atomic mass is 127. The van der Waals surface area contributed by atoms with Crippen LogP contribution in [0.5, 0.6) is 5.75 Å². The maximum Gasteiger partial charge on any atom is 0.573 e. The molecule has 0 atom stereocenters. The van der Waals surface area contributed by atoms with E-state index in [1.165, 1.54) is 6.92 Å². The van der Waals surface area contributed by atoms with Gasteiger partial charge in [-0.1, -0.05) is 0 Å². The van der Waals surface area contributed by atoms with E-state index in [1.54, 1.807) is 0 Å². The average Bonchev–Trinajstić information content (AvgIpc) is 2.04. The summed E-state index contributed by atoms with van der Waals surface area (Å²) >= 11 is 1.81. The van der Waals surface area contributed by atoms with Gasteiger partial charge in [0.1, 0.15) is 5.82 Å². The van der Waals surface area contributed by atoms with E-state index < -0.39 is 6.36 Å². The van der Waals surface area contributed by atoms with Crippen molar-refractivity contribution in [3.63, 3.8) is 0 Å². The third-order valence-corrected chi connectivity index (χ3v) is 2.83. The SMILES string of the molecule is Cc1c(OC(F)(F)F)cnc(N)c1I. The predicted molar refractivity (Wildman–Crippen MR) is 52.8 cm³/mol. The van der Waals surface area contributed by atoms with E-state index in [9.17, 15) is 13.2 Å². The standard InChI is InChI=1S/C7H6F3IN2O/c1-3-4(14-7(8,9)10)2-13-6(12)5(3)11/h2H,1H3,(H2,12,13). The summed E-state index contributed by atoms with van der Waals surface area (Å²) in [5, 5.41) is 0. The van der Waals surface area contributed by atoms with Gasteiger partial charge >= 0.3 is 6.36 Å². The number of rotatable bonds is 1. The second kappa shape index (κ2) is 3.79. The first-order valence-corrected chi connectivity index (χ1v) is 4.55. The molecule has 0 amide bonds. The van der Waals surface area contributed by atoms with Gasteiger partial charge < -0.3 is 10.5 Å². The Balaban J connectivity index is 3.06. The quantitative estimate of drug-likeness (QED) is 0.809. The average molecular weight is 318 g/mol. The minimum atomic E-state index is -4.70. The number of hydrogen-bond donors (Lipinski definition) is 1. The van der Waals surface area contributed by atoms with Crippen molar-refractivity contribution in [2.24, 2.45) is 0 Å². The van der Waals surface area contributed by atoms with Gasteiger partial charge in [0, 0.05) is 5.56 Å². The van der Waals surface area contributed by atoms with E-state index in [0.29, 0.717) is 9.13 Å². The smallest absolute Gasteiger partial charge is 0.404 e. The number of hydrogen-bond acceptors (Lipinski definition) is 3. The molecule has 7 heteroatoms. The Labute approximate surface area is 91.6 Å². The number of anilines is 1. The first-order valence-electron chi connectivity index (χ1n) is 3.47. The third-order valence-electron chi connectivity index (χ3n) is 1.47. The fraction of sp³-hybridized carbons (Fsp3) is 0.286. The summed E-state index contributed by atoms with van der Waals surface area (Å²) in [6, 6.07) is 0. The molecule has 0 unspecified atom stereocenters. The van der Waals surface area contributed by atoms with Gasteiger partial charge in [-0.25, -0.2) is 4.98 Å². The van der Waals surface area contributed by atoms with Gasteiger partial charge in [0.15, 0.2) is 5.75 Å². The van der Waals surface area contributed by atoms with Crippen LogP contribution in [0.1, 0.15) is 5.56 Å². The van der Waals surface area contributed by atoms with Crippen LogP contribution >= 0.6 is 22.6 Å². The zero-order valence-electron chi connectivity index (χ0n) is 7.02. The molecule has 1 aromatic rings. The molecular formula is C7H6F3IN2O. The molecule has 2 N–H and O–H groups in total. The van der Waals surface area contributed by atoms with Crippen LogP contribution in [0.4, 0.5) is 19.0 Å². The van der Waals surface area contributed by atoms with Gasteiger partial charge in [-0.2, -0.15) is 0 Å².